The van der Waals surface area contributed by atoms with Gasteiger partial charge in [0.1, 0.15) is 0 Å². The summed E-state index contributed by atoms with van der Waals surface area (Å²) in [5.74, 6) is 0.0329. The topological polar surface area (TPSA) is 32.3 Å². The molecule has 4 heteroatoms. The molecule has 0 aliphatic carbocycles. The number of piperidine rings is 1. The maximum Gasteiger partial charge on any atom is 0.252 e. The van der Waals surface area contributed by atoms with Crippen molar-refractivity contribution in [2.75, 3.05) is 19.6 Å². The number of likely N-dealkylation sites (tertiary alicyclic amines) is 1. The first-order valence-corrected chi connectivity index (χ1v) is 7.69. The van der Waals surface area contributed by atoms with Crippen molar-refractivity contribution in [2.45, 2.75) is 32.7 Å². The van der Waals surface area contributed by atoms with Gasteiger partial charge in [0.15, 0.2) is 0 Å². The molecule has 3 nitrogen and oxygen atoms in total. The first-order valence-electron chi connectivity index (χ1n) is 6.90. The van der Waals surface area contributed by atoms with Crippen LogP contribution >= 0.6 is 15.9 Å². The Kier molecular flexibility index (Phi) is 4.99. The summed E-state index contributed by atoms with van der Waals surface area (Å²) in [4.78, 5) is 14.7. The second-order valence-corrected chi connectivity index (χ2v) is 5.91. The van der Waals surface area contributed by atoms with E-state index in [1.165, 1.54) is 0 Å². The number of carbonyl (C=O) groups excluding carboxylic acids is 1. The molecule has 1 aromatic rings. The minimum atomic E-state index is 0.0329. The number of rotatable bonds is 3. The minimum Gasteiger partial charge on any atom is -0.349 e. The van der Waals surface area contributed by atoms with E-state index in [-0.39, 0.29) is 5.91 Å². The van der Waals surface area contributed by atoms with Crippen LogP contribution in [0.15, 0.2) is 22.7 Å². The molecule has 0 unspecified atom stereocenters. The predicted octanol–water partition coefficient (Wildman–Crippen LogP) is 2.97. The smallest absolute Gasteiger partial charge is 0.252 e. The van der Waals surface area contributed by atoms with Crippen molar-refractivity contribution in [2.24, 2.45) is 0 Å². The van der Waals surface area contributed by atoms with Gasteiger partial charge >= 0.3 is 0 Å². The van der Waals surface area contributed by atoms with Gasteiger partial charge in [-0.1, -0.05) is 19.1 Å². The molecule has 0 bridgehead atoms. The molecular formula is C15H21BrN2O. The third-order valence-electron chi connectivity index (χ3n) is 3.81. The Morgan fingerprint density at radius 1 is 1.42 bits per heavy atom. The summed E-state index contributed by atoms with van der Waals surface area (Å²) in [6.07, 6.45) is 2.09. The van der Waals surface area contributed by atoms with Gasteiger partial charge in [-0.2, -0.15) is 0 Å². The van der Waals surface area contributed by atoms with E-state index in [4.69, 9.17) is 0 Å². The quantitative estimate of drug-likeness (QED) is 0.927. The first kappa shape index (κ1) is 14.5. The molecule has 0 aromatic heterocycles. The van der Waals surface area contributed by atoms with Crippen molar-refractivity contribution in [3.63, 3.8) is 0 Å². The molecule has 1 amide bonds. The van der Waals surface area contributed by atoms with Crippen molar-refractivity contribution in [1.82, 2.24) is 10.2 Å². The molecule has 2 rings (SSSR count). The molecule has 0 atom stereocenters. The number of hydrogen-bond acceptors (Lipinski definition) is 2. The molecular weight excluding hydrogens is 304 g/mol. The fourth-order valence-corrected chi connectivity index (χ4v) is 2.92. The molecule has 1 aliphatic heterocycles. The van der Waals surface area contributed by atoms with Crippen LogP contribution in [-0.4, -0.2) is 36.5 Å². The summed E-state index contributed by atoms with van der Waals surface area (Å²) in [6, 6.07) is 6.10. The largest absolute Gasteiger partial charge is 0.349 e. The molecule has 1 N–H and O–H groups in total. The Balaban J connectivity index is 1.96. The van der Waals surface area contributed by atoms with Gasteiger partial charge < -0.3 is 10.2 Å². The lowest BCUT2D eigenvalue weighted by molar-refractivity contribution is 0.0912. The van der Waals surface area contributed by atoms with Crippen LogP contribution in [-0.2, 0) is 0 Å². The Hall–Kier alpha value is -0.870. The van der Waals surface area contributed by atoms with E-state index in [1.54, 1.807) is 0 Å². The number of hydrogen-bond donors (Lipinski definition) is 1. The van der Waals surface area contributed by atoms with Gasteiger partial charge in [0, 0.05) is 23.6 Å². The van der Waals surface area contributed by atoms with Crippen LogP contribution in [0.25, 0.3) is 0 Å². The molecule has 0 spiro atoms. The SMILES string of the molecule is CCN1CCC(NC(=O)c2cccc(C)c2Br)CC1. The predicted molar refractivity (Wildman–Crippen MR) is 81.5 cm³/mol. The lowest BCUT2D eigenvalue weighted by Crippen LogP contribution is -2.44. The Labute approximate surface area is 123 Å². The fraction of sp³-hybridized carbons (Fsp3) is 0.533. The molecule has 1 aromatic carbocycles. The summed E-state index contributed by atoms with van der Waals surface area (Å²) in [7, 11) is 0. The average molecular weight is 325 g/mol. The second-order valence-electron chi connectivity index (χ2n) is 5.12. The summed E-state index contributed by atoms with van der Waals surface area (Å²) in [5, 5.41) is 3.15. The van der Waals surface area contributed by atoms with Crippen LogP contribution < -0.4 is 5.32 Å². The second kappa shape index (κ2) is 6.53. The summed E-state index contributed by atoms with van der Waals surface area (Å²) in [5.41, 5.74) is 1.83. The molecule has 1 saturated heterocycles. The van der Waals surface area contributed by atoms with Crippen LogP contribution in [0.1, 0.15) is 35.7 Å². The third-order valence-corrected chi connectivity index (χ3v) is 4.86. The highest BCUT2D eigenvalue weighted by Crippen LogP contribution is 2.21. The molecule has 19 heavy (non-hydrogen) atoms. The standard InChI is InChI=1S/C15H21BrN2O/c1-3-18-9-7-12(8-10-18)17-15(19)13-6-4-5-11(2)14(13)16/h4-6,12H,3,7-10H2,1-2H3,(H,17,19). The molecule has 104 valence electrons. The average Bonchev–Trinajstić information content (AvgIpc) is 2.42. The monoisotopic (exact) mass is 324 g/mol. The third kappa shape index (κ3) is 3.57. The Bertz CT molecular complexity index is 453. The number of nitrogens with zero attached hydrogens (tertiary/aromatic N) is 1. The highest BCUT2D eigenvalue weighted by atomic mass is 79.9. The lowest BCUT2D eigenvalue weighted by atomic mass is 10.0. The molecule has 0 saturated carbocycles. The van der Waals surface area contributed by atoms with Gasteiger partial charge in [0.2, 0.25) is 0 Å². The van der Waals surface area contributed by atoms with Crippen molar-refractivity contribution in [1.29, 1.82) is 0 Å². The minimum absolute atomic E-state index is 0.0329. The summed E-state index contributed by atoms with van der Waals surface area (Å²) in [6.45, 7) is 7.44. The zero-order valence-corrected chi connectivity index (χ0v) is 13.2. The number of halogens is 1. The fourth-order valence-electron chi connectivity index (χ4n) is 2.48. The van der Waals surface area contributed by atoms with Gasteiger partial charge in [0.25, 0.3) is 5.91 Å². The van der Waals surface area contributed by atoms with Crippen molar-refractivity contribution in [3.8, 4) is 0 Å². The maximum atomic E-state index is 12.3. The Morgan fingerprint density at radius 3 is 2.74 bits per heavy atom. The van der Waals surface area contributed by atoms with Crippen LogP contribution in [0, 0.1) is 6.92 Å². The van der Waals surface area contributed by atoms with Crippen molar-refractivity contribution in [3.05, 3.63) is 33.8 Å². The molecule has 1 fully saturated rings. The van der Waals surface area contributed by atoms with Gasteiger partial charge in [-0.3, -0.25) is 4.79 Å². The van der Waals surface area contributed by atoms with E-state index in [9.17, 15) is 4.79 Å². The highest BCUT2D eigenvalue weighted by Gasteiger charge is 2.21. The van der Waals surface area contributed by atoms with E-state index >= 15 is 0 Å². The summed E-state index contributed by atoms with van der Waals surface area (Å²) >= 11 is 3.50. The van der Waals surface area contributed by atoms with Gasteiger partial charge in [0.05, 0.1) is 5.56 Å². The zero-order chi connectivity index (χ0) is 13.8. The van der Waals surface area contributed by atoms with E-state index in [1.807, 2.05) is 25.1 Å². The van der Waals surface area contributed by atoms with E-state index in [2.05, 4.69) is 33.1 Å². The molecule has 1 heterocycles. The highest BCUT2D eigenvalue weighted by molar-refractivity contribution is 9.10. The van der Waals surface area contributed by atoms with Crippen LogP contribution in [0.3, 0.4) is 0 Å². The number of carbonyl (C=O) groups is 1. The van der Waals surface area contributed by atoms with Gasteiger partial charge in [-0.15, -0.1) is 0 Å². The maximum absolute atomic E-state index is 12.3. The number of benzene rings is 1. The van der Waals surface area contributed by atoms with E-state index < -0.39 is 0 Å². The van der Waals surface area contributed by atoms with Crippen LogP contribution in [0.5, 0.6) is 0 Å². The van der Waals surface area contributed by atoms with E-state index in [0.29, 0.717) is 6.04 Å². The number of aryl methyl sites for hydroxylation is 1. The zero-order valence-electron chi connectivity index (χ0n) is 11.6. The normalized spacial score (nSPS) is 17.4. The molecule has 1 aliphatic rings. The molecule has 0 radical (unpaired) electrons. The van der Waals surface area contributed by atoms with Crippen molar-refractivity contribution < 1.29 is 4.79 Å². The lowest BCUT2D eigenvalue weighted by Gasteiger charge is -2.31. The van der Waals surface area contributed by atoms with E-state index in [0.717, 1.165) is 48.1 Å². The van der Waals surface area contributed by atoms with Crippen LogP contribution in [0.4, 0.5) is 0 Å². The Morgan fingerprint density at radius 2 is 2.11 bits per heavy atom. The van der Waals surface area contributed by atoms with Gasteiger partial charge in [-0.25, -0.2) is 0 Å². The number of amides is 1. The van der Waals surface area contributed by atoms with Crippen LogP contribution in [0.2, 0.25) is 0 Å². The summed E-state index contributed by atoms with van der Waals surface area (Å²) < 4.78 is 0.901. The van der Waals surface area contributed by atoms with Crippen molar-refractivity contribution >= 4 is 21.8 Å². The van der Waals surface area contributed by atoms with Gasteiger partial charge in [-0.05, 0) is 53.9 Å². The first-order chi connectivity index (χ1) is 9.11. The number of nitrogens with one attached hydrogen (secondary N) is 1.